The summed E-state index contributed by atoms with van der Waals surface area (Å²) < 4.78 is 4.99. The normalized spacial score (nSPS) is 10.7. The number of carbonyl (C=O) groups is 3. The first-order valence-corrected chi connectivity index (χ1v) is 8.06. The van der Waals surface area contributed by atoms with Crippen LogP contribution in [-0.2, 0) is 25.7 Å². The zero-order valence-corrected chi connectivity index (χ0v) is 14.4. The topological polar surface area (TPSA) is 84.5 Å². The average Bonchev–Trinajstić information content (AvgIpc) is 2.65. The van der Waals surface area contributed by atoms with Gasteiger partial charge in [0.25, 0.3) is 5.91 Å². The quantitative estimate of drug-likeness (QED) is 0.590. The fraction of sp³-hybridized carbons (Fsp3) is 0.150. The Labute approximate surface area is 151 Å². The summed E-state index contributed by atoms with van der Waals surface area (Å²) >= 11 is 0. The molecular weight excluding hydrogens is 332 g/mol. The van der Waals surface area contributed by atoms with Crippen molar-refractivity contribution in [1.29, 1.82) is 0 Å². The van der Waals surface area contributed by atoms with Crippen LogP contribution in [0.1, 0.15) is 18.1 Å². The first-order chi connectivity index (χ1) is 12.5. The van der Waals surface area contributed by atoms with Crippen LogP contribution in [0.25, 0.3) is 6.08 Å². The fourth-order valence-corrected chi connectivity index (χ4v) is 2.11. The molecule has 0 aliphatic rings. The summed E-state index contributed by atoms with van der Waals surface area (Å²) in [7, 11) is 0. The van der Waals surface area contributed by atoms with Crippen LogP contribution in [0.2, 0.25) is 0 Å². The predicted molar refractivity (Wildman–Crippen MR) is 97.5 cm³/mol. The molecule has 0 aliphatic carbocycles. The van der Waals surface area contributed by atoms with Crippen molar-refractivity contribution in [1.82, 2.24) is 10.6 Å². The molecule has 0 bridgehead atoms. The van der Waals surface area contributed by atoms with Crippen LogP contribution in [0.4, 0.5) is 0 Å². The summed E-state index contributed by atoms with van der Waals surface area (Å²) in [4.78, 5) is 35.3. The second-order valence-electron chi connectivity index (χ2n) is 5.49. The molecule has 0 aromatic heterocycles. The Hall–Kier alpha value is -3.41. The minimum atomic E-state index is -0.779. The van der Waals surface area contributed by atoms with Crippen molar-refractivity contribution in [3.8, 4) is 0 Å². The van der Waals surface area contributed by atoms with E-state index in [1.54, 1.807) is 24.3 Å². The van der Waals surface area contributed by atoms with Gasteiger partial charge < -0.3 is 15.4 Å². The number of amides is 2. The fourth-order valence-electron chi connectivity index (χ4n) is 2.11. The molecular formula is C20H20N2O4. The van der Waals surface area contributed by atoms with Gasteiger partial charge in [-0.3, -0.25) is 9.59 Å². The second-order valence-corrected chi connectivity index (χ2v) is 5.49. The molecule has 0 saturated carbocycles. The molecule has 0 heterocycles. The van der Waals surface area contributed by atoms with E-state index in [4.69, 9.17) is 4.74 Å². The Kier molecular flexibility index (Phi) is 7.12. The lowest BCUT2D eigenvalue weighted by Gasteiger charge is -2.09. The number of carbonyl (C=O) groups excluding carboxylic acids is 3. The van der Waals surface area contributed by atoms with E-state index in [-0.39, 0.29) is 5.70 Å². The number of hydrogen-bond donors (Lipinski definition) is 2. The van der Waals surface area contributed by atoms with E-state index in [0.717, 1.165) is 11.1 Å². The zero-order valence-electron chi connectivity index (χ0n) is 14.4. The molecule has 0 fully saturated rings. The van der Waals surface area contributed by atoms with Gasteiger partial charge in [0.1, 0.15) is 5.70 Å². The highest BCUT2D eigenvalue weighted by atomic mass is 16.5. The smallest absolute Gasteiger partial charge is 0.355 e. The molecule has 6 nitrogen and oxygen atoms in total. The molecule has 6 heteroatoms. The third-order valence-electron chi connectivity index (χ3n) is 3.31. The van der Waals surface area contributed by atoms with Gasteiger partial charge in [-0.2, -0.15) is 0 Å². The molecule has 2 rings (SSSR count). The van der Waals surface area contributed by atoms with Crippen LogP contribution in [0.3, 0.4) is 0 Å². The summed E-state index contributed by atoms with van der Waals surface area (Å²) in [5, 5.41) is 5.09. The van der Waals surface area contributed by atoms with Crippen LogP contribution < -0.4 is 10.6 Å². The van der Waals surface area contributed by atoms with E-state index in [2.05, 4.69) is 10.6 Å². The van der Waals surface area contributed by atoms with Crippen molar-refractivity contribution in [2.45, 2.75) is 13.5 Å². The largest absolute Gasteiger partial charge is 0.451 e. The number of benzene rings is 2. The average molecular weight is 352 g/mol. The highest BCUT2D eigenvalue weighted by Gasteiger charge is 2.14. The van der Waals surface area contributed by atoms with E-state index in [1.807, 2.05) is 36.4 Å². The van der Waals surface area contributed by atoms with Crippen molar-refractivity contribution in [2.75, 3.05) is 6.61 Å². The molecule has 0 radical (unpaired) electrons. The van der Waals surface area contributed by atoms with E-state index >= 15 is 0 Å². The third kappa shape index (κ3) is 6.60. The Bertz CT molecular complexity index is 786. The standard InChI is InChI=1S/C20H20N2O4/c1-15(23)22-18(12-16-8-4-2-5-9-16)20(25)26-14-19(24)21-13-17-10-6-3-7-11-17/h2-12H,13-14H2,1H3,(H,21,24)(H,22,23)/b18-12-. The van der Waals surface area contributed by atoms with E-state index < -0.39 is 24.4 Å². The number of rotatable bonds is 7. The van der Waals surface area contributed by atoms with Crippen molar-refractivity contribution in [2.24, 2.45) is 0 Å². The Balaban J connectivity index is 1.91. The monoisotopic (exact) mass is 352 g/mol. The van der Waals surface area contributed by atoms with E-state index in [9.17, 15) is 14.4 Å². The first-order valence-electron chi connectivity index (χ1n) is 8.06. The van der Waals surface area contributed by atoms with E-state index in [0.29, 0.717) is 6.54 Å². The maximum absolute atomic E-state index is 12.2. The number of ether oxygens (including phenoxy) is 1. The second kappa shape index (κ2) is 9.78. The van der Waals surface area contributed by atoms with Crippen LogP contribution in [0, 0.1) is 0 Å². The molecule has 2 aromatic rings. The summed E-state index contributed by atoms with van der Waals surface area (Å²) in [6.07, 6.45) is 1.49. The van der Waals surface area contributed by atoms with Gasteiger partial charge in [-0.1, -0.05) is 60.7 Å². The molecule has 0 saturated heterocycles. The molecule has 2 amide bonds. The van der Waals surface area contributed by atoms with Crippen molar-refractivity contribution in [3.05, 3.63) is 77.5 Å². The van der Waals surface area contributed by atoms with Gasteiger partial charge in [0.2, 0.25) is 5.91 Å². The van der Waals surface area contributed by atoms with Gasteiger partial charge in [0, 0.05) is 13.5 Å². The molecule has 0 atom stereocenters. The summed E-state index contributed by atoms with van der Waals surface area (Å²) in [5.41, 5.74) is 1.64. The zero-order chi connectivity index (χ0) is 18.8. The molecule has 26 heavy (non-hydrogen) atoms. The molecule has 2 N–H and O–H groups in total. The Morgan fingerprint density at radius 1 is 0.962 bits per heavy atom. The lowest BCUT2D eigenvalue weighted by Crippen LogP contribution is -2.31. The van der Waals surface area contributed by atoms with Gasteiger partial charge in [0.15, 0.2) is 6.61 Å². The molecule has 0 spiro atoms. The minimum Gasteiger partial charge on any atom is -0.451 e. The highest BCUT2D eigenvalue weighted by molar-refractivity contribution is 5.98. The van der Waals surface area contributed by atoms with Gasteiger partial charge in [-0.05, 0) is 17.2 Å². The summed E-state index contributed by atoms with van der Waals surface area (Å²) in [6, 6.07) is 18.4. The maximum Gasteiger partial charge on any atom is 0.355 e. The van der Waals surface area contributed by atoms with Crippen LogP contribution in [-0.4, -0.2) is 24.4 Å². The van der Waals surface area contributed by atoms with Crippen molar-refractivity contribution in [3.63, 3.8) is 0 Å². The molecule has 134 valence electrons. The first kappa shape index (κ1) is 18.9. The number of nitrogens with one attached hydrogen (secondary N) is 2. The van der Waals surface area contributed by atoms with Crippen LogP contribution in [0.15, 0.2) is 66.4 Å². The van der Waals surface area contributed by atoms with Gasteiger partial charge in [-0.25, -0.2) is 4.79 Å². The van der Waals surface area contributed by atoms with Gasteiger partial charge >= 0.3 is 5.97 Å². The molecule has 2 aromatic carbocycles. The van der Waals surface area contributed by atoms with Gasteiger partial charge in [0.05, 0.1) is 0 Å². The molecule has 0 unspecified atom stereocenters. The lowest BCUT2D eigenvalue weighted by molar-refractivity contribution is -0.145. The Morgan fingerprint density at radius 2 is 1.58 bits per heavy atom. The Morgan fingerprint density at radius 3 is 2.19 bits per heavy atom. The van der Waals surface area contributed by atoms with Crippen LogP contribution in [0.5, 0.6) is 0 Å². The van der Waals surface area contributed by atoms with Crippen molar-refractivity contribution < 1.29 is 19.1 Å². The minimum absolute atomic E-state index is 0.0282. The van der Waals surface area contributed by atoms with Crippen LogP contribution >= 0.6 is 0 Å². The predicted octanol–water partition coefficient (Wildman–Crippen LogP) is 2.02. The van der Waals surface area contributed by atoms with Gasteiger partial charge in [-0.15, -0.1) is 0 Å². The molecule has 0 aliphatic heterocycles. The SMILES string of the molecule is CC(=O)N/C(=C\c1ccccc1)C(=O)OCC(=O)NCc1ccccc1. The summed E-state index contributed by atoms with van der Waals surface area (Å²) in [6.45, 7) is 1.20. The number of esters is 1. The maximum atomic E-state index is 12.2. The number of hydrogen-bond acceptors (Lipinski definition) is 4. The highest BCUT2D eigenvalue weighted by Crippen LogP contribution is 2.06. The summed E-state index contributed by atoms with van der Waals surface area (Å²) in [5.74, 6) is -1.61. The third-order valence-corrected chi connectivity index (χ3v) is 3.31. The lowest BCUT2D eigenvalue weighted by atomic mass is 10.2. The van der Waals surface area contributed by atoms with E-state index in [1.165, 1.54) is 13.0 Å². The van der Waals surface area contributed by atoms with Crippen molar-refractivity contribution >= 4 is 23.9 Å².